The van der Waals surface area contributed by atoms with Crippen LogP contribution in [0.3, 0.4) is 0 Å². The molecule has 0 fully saturated rings. The van der Waals surface area contributed by atoms with Gasteiger partial charge in [-0.2, -0.15) is 5.10 Å². The number of rotatable bonds is 5. The van der Waals surface area contributed by atoms with E-state index < -0.39 is 0 Å². The van der Waals surface area contributed by atoms with Crippen molar-refractivity contribution in [3.8, 4) is 0 Å². The molecule has 0 atom stereocenters. The molecule has 4 heteroatoms. The van der Waals surface area contributed by atoms with Crippen molar-refractivity contribution in [3.63, 3.8) is 0 Å². The second kappa shape index (κ2) is 6.22. The van der Waals surface area contributed by atoms with E-state index in [1.54, 1.807) is 6.20 Å². The largest absolute Gasteiger partial charge is 0.352 e. The van der Waals surface area contributed by atoms with Gasteiger partial charge in [0.1, 0.15) is 0 Å². The maximum atomic E-state index is 12.2. The molecule has 0 spiro atoms. The highest BCUT2D eigenvalue weighted by molar-refractivity contribution is 6.05. The van der Waals surface area contributed by atoms with Gasteiger partial charge in [0.25, 0.3) is 5.91 Å². The number of nitrogens with zero attached hydrogens (tertiary/aromatic N) is 1. The first-order valence-corrected chi connectivity index (χ1v) is 7.09. The topological polar surface area (TPSA) is 57.8 Å². The number of aromatic nitrogens is 2. The van der Waals surface area contributed by atoms with E-state index in [1.807, 2.05) is 36.4 Å². The standard InChI is InChI=1S/C17H17N3O/c21-17(15-10-4-9-14-12-19-20-16(14)15)18-11-5-8-13-6-2-1-3-7-13/h1-4,6-7,9-10,12H,5,8,11H2,(H,18,21)(H,19,20). The van der Waals surface area contributed by atoms with Crippen molar-refractivity contribution < 1.29 is 4.79 Å². The molecule has 0 bridgehead atoms. The summed E-state index contributed by atoms with van der Waals surface area (Å²) >= 11 is 0. The molecule has 3 aromatic rings. The van der Waals surface area contributed by atoms with Gasteiger partial charge in [0.05, 0.1) is 17.3 Å². The van der Waals surface area contributed by atoms with Crippen molar-refractivity contribution in [1.82, 2.24) is 15.5 Å². The van der Waals surface area contributed by atoms with Crippen LogP contribution in [0.25, 0.3) is 10.9 Å². The van der Waals surface area contributed by atoms with Crippen LogP contribution in [0.4, 0.5) is 0 Å². The number of carbonyl (C=O) groups excluding carboxylic acids is 1. The summed E-state index contributed by atoms with van der Waals surface area (Å²) in [6, 6.07) is 15.9. The molecule has 106 valence electrons. The van der Waals surface area contributed by atoms with E-state index in [1.165, 1.54) is 5.56 Å². The second-order valence-electron chi connectivity index (χ2n) is 4.98. The molecule has 2 N–H and O–H groups in total. The molecule has 4 nitrogen and oxygen atoms in total. The smallest absolute Gasteiger partial charge is 0.253 e. The molecule has 0 aliphatic rings. The highest BCUT2D eigenvalue weighted by Gasteiger charge is 2.10. The van der Waals surface area contributed by atoms with Gasteiger partial charge in [-0.3, -0.25) is 9.89 Å². The van der Waals surface area contributed by atoms with Crippen molar-refractivity contribution in [2.24, 2.45) is 0 Å². The summed E-state index contributed by atoms with van der Waals surface area (Å²) in [5.74, 6) is -0.0575. The lowest BCUT2D eigenvalue weighted by Gasteiger charge is -2.06. The van der Waals surface area contributed by atoms with Crippen LogP contribution in [0.1, 0.15) is 22.3 Å². The van der Waals surface area contributed by atoms with Gasteiger partial charge in [0.2, 0.25) is 0 Å². The molecule has 21 heavy (non-hydrogen) atoms. The number of hydrogen-bond acceptors (Lipinski definition) is 2. The first kappa shape index (κ1) is 13.4. The third kappa shape index (κ3) is 3.11. The lowest BCUT2D eigenvalue weighted by Crippen LogP contribution is -2.25. The Labute approximate surface area is 123 Å². The van der Waals surface area contributed by atoms with Gasteiger partial charge in [0, 0.05) is 11.9 Å². The highest BCUT2D eigenvalue weighted by atomic mass is 16.1. The molecule has 0 radical (unpaired) electrons. The predicted molar refractivity (Wildman–Crippen MR) is 83.2 cm³/mol. The number of fused-ring (bicyclic) bond motifs is 1. The Bertz CT molecular complexity index is 734. The molecule has 1 heterocycles. The van der Waals surface area contributed by atoms with Gasteiger partial charge in [-0.15, -0.1) is 0 Å². The van der Waals surface area contributed by atoms with Crippen LogP contribution in [0.2, 0.25) is 0 Å². The molecule has 0 saturated carbocycles. The number of H-pyrrole nitrogens is 1. The van der Waals surface area contributed by atoms with E-state index in [0.29, 0.717) is 12.1 Å². The summed E-state index contributed by atoms with van der Waals surface area (Å²) < 4.78 is 0. The molecule has 0 saturated heterocycles. The molecule has 1 amide bonds. The van der Waals surface area contributed by atoms with Gasteiger partial charge < -0.3 is 5.32 Å². The Morgan fingerprint density at radius 3 is 2.81 bits per heavy atom. The molecule has 2 aromatic carbocycles. The zero-order valence-electron chi connectivity index (χ0n) is 11.7. The number of benzene rings is 2. The van der Waals surface area contributed by atoms with Crippen LogP contribution in [-0.4, -0.2) is 22.6 Å². The maximum absolute atomic E-state index is 12.2. The van der Waals surface area contributed by atoms with E-state index in [9.17, 15) is 4.79 Å². The van der Waals surface area contributed by atoms with Crippen LogP contribution in [0.15, 0.2) is 54.7 Å². The Morgan fingerprint density at radius 2 is 1.95 bits per heavy atom. The molecular formula is C17H17N3O. The quantitative estimate of drug-likeness (QED) is 0.705. The third-order valence-corrected chi connectivity index (χ3v) is 3.49. The lowest BCUT2D eigenvalue weighted by atomic mass is 10.1. The van der Waals surface area contributed by atoms with Gasteiger partial charge in [-0.1, -0.05) is 42.5 Å². The minimum Gasteiger partial charge on any atom is -0.352 e. The van der Waals surface area contributed by atoms with Gasteiger partial charge in [-0.25, -0.2) is 0 Å². The van der Waals surface area contributed by atoms with E-state index in [4.69, 9.17) is 0 Å². The molecule has 0 aliphatic heterocycles. The summed E-state index contributed by atoms with van der Waals surface area (Å²) in [6.45, 7) is 0.665. The molecule has 3 rings (SSSR count). The maximum Gasteiger partial charge on any atom is 0.253 e. The SMILES string of the molecule is O=C(NCCCc1ccccc1)c1cccc2cn[nH]c12. The van der Waals surface area contributed by atoms with E-state index in [2.05, 4.69) is 27.6 Å². The number of para-hydroxylation sites is 1. The predicted octanol–water partition coefficient (Wildman–Crippen LogP) is 2.93. The highest BCUT2D eigenvalue weighted by Crippen LogP contribution is 2.15. The van der Waals surface area contributed by atoms with E-state index in [-0.39, 0.29) is 5.91 Å². The summed E-state index contributed by atoms with van der Waals surface area (Å²) in [4.78, 5) is 12.2. The molecule has 0 unspecified atom stereocenters. The van der Waals surface area contributed by atoms with Crippen LogP contribution in [0, 0.1) is 0 Å². The van der Waals surface area contributed by atoms with Crippen LogP contribution >= 0.6 is 0 Å². The number of aryl methyl sites for hydroxylation is 1. The monoisotopic (exact) mass is 279 g/mol. The van der Waals surface area contributed by atoms with Crippen molar-refractivity contribution in [2.45, 2.75) is 12.8 Å². The average Bonchev–Trinajstić information content (AvgIpc) is 3.01. The minimum absolute atomic E-state index is 0.0575. The Hall–Kier alpha value is -2.62. The van der Waals surface area contributed by atoms with Gasteiger partial charge >= 0.3 is 0 Å². The minimum atomic E-state index is -0.0575. The Kier molecular flexibility index (Phi) is 3.96. The second-order valence-corrected chi connectivity index (χ2v) is 4.98. The number of aromatic amines is 1. The van der Waals surface area contributed by atoms with Gasteiger partial charge in [-0.05, 0) is 24.5 Å². The van der Waals surface area contributed by atoms with Crippen molar-refractivity contribution in [1.29, 1.82) is 0 Å². The van der Waals surface area contributed by atoms with E-state index >= 15 is 0 Å². The number of amides is 1. The zero-order chi connectivity index (χ0) is 14.5. The normalized spacial score (nSPS) is 10.7. The van der Waals surface area contributed by atoms with Crippen LogP contribution in [-0.2, 0) is 6.42 Å². The first-order chi connectivity index (χ1) is 10.3. The molecule has 1 aromatic heterocycles. The number of hydrogen-bond donors (Lipinski definition) is 2. The van der Waals surface area contributed by atoms with Crippen molar-refractivity contribution in [3.05, 3.63) is 65.9 Å². The third-order valence-electron chi connectivity index (χ3n) is 3.49. The van der Waals surface area contributed by atoms with Crippen LogP contribution in [0.5, 0.6) is 0 Å². The van der Waals surface area contributed by atoms with E-state index in [0.717, 1.165) is 23.7 Å². The first-order valence-electron chi connectivity index (χ1n) is 7.09. The molecule has 0 aliphatic carbocycles. The summed E-state index contributed by atoms with van der Waals surface area (Å²) in [5.41, 5.74) is 2.73. The summed E-state index contributed by atoms with van der Waals surface area (Å²) in [5, 5.41) is 10.8. The molecular weight excluding hydrogens is 262 g/mol. The summed E-state index contributed by atoms with van der Waals surface area (Å²) in [6.07, 6.45) is 3.62. The fourth-order valence-electron chi connectivity index (χ4n) is 2.39. The van der Waals surface area contributed by atoms with Crippen molar-refractivity contribution in [2.75, 3.05) is 6.54 Å². The van der Waals surface area contributed by atoms with Gasteiger partial charge in [0.15, 0.2) is 0 Å². The Morgan fingerprint density at radius 1 is 1.10 bits per heavy atom. The Balaban J connectivity index is 1.56. The summed E-state index contributed by atoms with van der Waals surface area (Å²) in [7, 11) is 0. The zero-order valence-corrected chi connectivity index (χ0v) is 11.7. The number of nitrogens with one attached hydrogen (secondary N) is 2. The lowest BCUT2D eigenvalue weighted by molar-refractivity contribution is 0.0954. The fraction of sp³-hybridized carbons (Fsp3) is 0.176. The average molecular weight is 279 g/mol. The van der Waals surface area contributed by atoms with Crippen LogP contribution < -0.4 is 5.32 Å². The van der Waals surface area contributed by atoms with Crippen molar-refractivity contribution >= 4 is 16.8 Å². The fourth-order valence-corrected chi connectivity index (χ4v) is 2.39. The number of carbonyl (C=O) groups is 1.